The van der Waals surface area contributed by atoms with Crippen molar-refractivity contribution in [3.8, 4) is 11.5 Å². The Balaban J connectivity index is 0.000000375. The molecule has 6 aromatic carbocycles. The molecule has 0 saturated carbocycles. The molecule has 7 aromatic rings. The van der Waals surface area contributed by atoms with Gasteiger partial charge in [-0.05, 0) is 103 Å². The van der Waals surface area contributed by atoms with Gasteiger partial charge in [0.2, 0.25) is 17.1 Å². The average molecular weight is 1110 g/mol. The number of alkyl carbamates (subject to hydrolysis) is 1. The molecule has 0 radical (unpaired) electrons. The minimum atomic E-state index is -0.837. The summed E-state index contributed by atoms with van der Waals surface area (Å²) in [5, 5.41) is 30.8. The number of amides is 2. The van der Waals surface area contributed by atoms with E-state index in [4.69, 9.17) is 9.47 Å². The number of hydrogen-bond acceptors (Lipinski definition) is 10. The fraction of sp³-hybridized carbons (Fsp3) is 0.358. The van der Waals surface area contributed by atoms with Gasteiger partial charge in [0, 0.05) is 60.0 Å². The first-order valence-corrected chi connectivity index (χ1v) is 29.1. The first-order chi connectivity index (χ1) is 39.9. The van der Waals surface area contributed by atoms with E-state index >= 15 is 0 Å². The molecule has 15 heteroatoms. The molecule has 1 aromatic heterocycles. The number of aliphatic hydroxyl groups is 1. The number of aromatic amines is 1. The van der Waals surface area contributed by atoms with Crippen LogP contribution in [-0.2, 0) is 11.3 Å². The number of piperidine rings is 6. The fourth-order valence-corrected chi connectivity index (χ4v) is 12.6. The number of unbranched alkanes of at least 4 members (excludes halogenated alkanes) is 1. The quantitative estimate of drug-likeness (QED) is 0.0216. The summed E-state index contributed by atoms with van der Waals surface area (Å²) < 4.78 is 14.1. The van der Waals surface area contributed by atoms with Crippen molar-refractivity contribution in [2.45, 2.75) is 69.8 Å². The van der Waals surface area contributed by atoms with Gasteiger partial charge in [-0.2, -0.15) is 0 Å². The largest absolute Gasteiger partial charge is 0.506 e. The van der Waals surface area contributed by atoms with Gasteiger partial charge in [0.1, 0.15) is 37.7 Å². The number of hydrogen-bond donors (Lipinski definition) is 6. The van der Waals surface area contributed by atoms with Crippen LogP contribution in [0.2, 0.25) is 0 Å². The maximum Gasteiger partial charge on any atom is 0.408 e. The monoisotopic (exact) mass is 1110 g/mol. The number of fused-ring (bicyclic) bond motifs is 7. The lowest BCUT2D eigenvalue weighted by molar-refractivity contribution is -0.938. The van der Waals surface area contributed by atoms with E-state index in [1.54, 1.807) is 24.3 Å². The van der Waals surface area contributed by atoms with Crippen LogP contribution < -0.4 is 26.2 Å². The normalized spacial score (nSPS) is 21.3. The molecule has 82 heavy (non-hydrogen) atoms. The van der Waals surface area contributed by atoms with Gasteiger partial charge < -0.3 is 49.6 Å². The minimum Gasteiger partial charge on any atom is -0.506 e. The van der Waals surface area contributed by atoms with Gasteiger partial charge in [0.25, 0.3) is 5.91 Å². The molecular formula is C67H76N6O9+2. The van der Waals surface area contributed by atoms with Crippen molar-refractivity contribution in [1.29, 1.82) is 0 Å². The number of carbonyl (C=O) groups is 4. The summed E-state index contributed by atoms with van der Waals surface area (Å²) in [4.78, 5) is 66.4. The van der Waals surface area contributed by atoms with Gasteiger partial charge in [-0.25, -0.2) is 4.79 Å². The highest BCUT2D eigenvalue weighted by Crippen LogP contribution is 2.37. The van der Waals surface area contributed by atoms with Crippen LogP contribution in [0.5, 0.6) is 11.5 Å². The number of phenols is 1. The molecule has 4 bridgehead atoms. The van der Waals surface area contributed by atoms with E-state index in [-0.39, 0.29) is 48.2 Å². The Morgan fingerprint density at radius 3 is 1.91 bits per heavy atom. The van der Waals surface area contributed by atoms with E-state index in [0.717, 1.165) is 78.0 Å². The predicted octanol–water partition coefficient (Wildman–Crippen LogP) is 9.45. The summed E-state index contributed by atoms with van der Waals surface area (Å²) in [6.45, 7) is 8.95. The summed E-state index contributed by atoms with van der Waals surface area (Å²) in [6, 6.07) is 49.4. The number of ether oxygens (including phenoxy) is 2. The molecule has 7 heterocycles. The maximum atomic E-state index is 13.7. The molecule has 6 saturated heterocycles. The number of aromatic hydroxyl groups is 1. The zero-order valence-electron chi connectivity index (χ0n) is 46.6. The van der Waals surface area contributed by atoms with Gasteiger partial charge in [-0.3, -0.25) is 19.2 Å². The topological polar surface area (TPSA) is 196 Å². The second kappa shape index (κ2) is 26.8. The van der Waals surface area contributed by atoms with Gasteiger partial charge in [0.15, 0.2) is 6.10 Å². The Morgan fingerprint density at radius 1 is 0.634 bits per heavy atom. The third kappa shape index (κ3) is 14.6. The van der Waals surface area contributed by atoms with E-state index in [0.29, 0.717) is 69.8 Å². The minimum absolute atomic E-state index is 0.0532. The Labute approximate surface area is 479 Å². The van der Waals surface area contributed by atoms with Crippen molar-refractivity contribution in [3.05, 3.63) is 213 Å². The Bertz CT molecular complexity index is 3330. The number of aromatic nitrogens is 1. The summed E-state index contributed by atoms with van der Waals surface area (Å²) in [6.07, 6.45) is 5.76. The number of nitrogens with one attached hydrogen (secondary N) is 4. The molecule has 0 aliphatic carbocycles. The number of pyridine rings is 1. The molecule has 6 fully saturated rings. The number of nitrogens with zero attached hydrogens (tertiary/aromatic N) is 2. The second-order valence-electron chi connectivity index (χ2n) is 22.9. The van der Waals surface area contributed by atoms with E-state index in [1.807, 2.05) is 127 Å². The molecule has 6 aliphatic heterocycles. The van der Waals surface area contributed by atoms with Gasteiger partial charge >= 0.3 is 6.09 Å². The molecule has 13 rings (SSSR count). The third-order valence-electron chi connectivity index (χ3n) is 17.4. The first kappa shape index (κ1) is 57.3. The van der Waals surface area contributed by atoms with Crippen LogP contribution >= 0.6 is 0 Å². The lowest BCUT2D eigenvalue weighted by Gasteiger charge is -2.51. The molecule has 2 amide bonds. The second-order valence-corrected chi connectivity index (χ2v) is 22.9. The van der Waals surface area contributed by atoms with Crippen molar-refractivity contribution >= 4 is 34.5 Å². The number of phenolic OH excluding ortho intramolecular Hbond substituents is 1. The number of carbonyl (C=O) groups excluding carboxylic acids is 4. The zero-order valence-corrected chi connectivity index (χ0v) is 46.6. The lowest BCUT2D eigenvalue weighted by Crippen LogP contribution is -2.66. The van der Waals surface area contributed by atoms with Crippen LogP contribution in [0.25, 0.3) is 10.9 Å². The SMILES string of the molecule is O=C(C[N+]12CCC(CC1)CC2)c1ccccc1.O=C(NC(c1ccccc1)c1cccc(OCc2ccc(C(=O)NCCCCNC[C@H](O)c3ccc(O)c4[nH]c(=O)ccc34)cc2)c1)O[C@H]1C[N+]2(CC(=O)c3ccccc3)CCC1CC2. The van der Waals surface area contributed by atoms with Crippen LogP contribution in [0.4, 0.5) is 4.79 Å². The smallest absolute Gasteiger partial charge is 0.408 e. The van der Waals surface area contributed by atoms with Crippen LogP contribution in [0.15, 0.2) is 169 Å². The van der Waals surface area contributed by atoms with Crippen molar-refractivity contribution in [3.63, 3.8) is 0 Å². The molecule has 0 spiro atoms. The highest BCUT2D eigenvalue weighted by atomic mass is 16.6. The number of Topliss-reactive ketones (excluding diaryl/α,β-unsaturated/α-hetero) is 2. The number of aliphatic hydroxyl groups excluding tert-OH is 1. The Kier molecular flexibility index (Phi) is 18.7. The standard InChI is InChI=1S/C52H55N5O8.C15H20NO/c58-44-22-20-42(43-21-23-48(61)55-50(43)44)45(59)31-53-26-7-8-27-54-51(62)39-18-16-35(17-19-39)34-64-41-15-9-14-40(30-41)49(38-12-5-2-6-13-38)56-52(63)65-47-33-57(28-24-37(47)25-29-57)32-46(60)36-10-3-1-4-11-36;17-15(14-4-2-1-3-5-14)12-16-9-6-13(7-10-16)8-11-16/h1-6,9-23,30,37,45,47,49,53,59H,7-8,24-29,31-34H2,(H3-,54,55,56,58,61,62,63);1-5,13H,6-12H2/q;+1/p+1/t37?,45-,47-,49?,57?;/m0./s1. The molecule has 6 aliphatic rings. The van der Waals surface area contributed by atoms with Crippen molar-refractivity contribution in [1.82, 2.24) is 20.9 Å². The Hall–Kier alpha value is -7.95. The fourth-order valence-electron chi connectivity index (χ4n) is 12.6. The van der Waals surface area contributed by atoms with Crippen LogP contribution in [0, 0.1) is 11.8 Å². The number of quaternary nitrogens is 2. The molecular weight excluding hydrogens is 1030 g/mol. The van der Waals surface area contributed by atoms with Crippen molar-refractivity contribution in [2.75, 3.05) is 72.0 Å². The zero-order chi connectivity index (χ0) is 56.9. The van der Waals surface area contributed by atoms with E-state index < -0.39 is 18.2 Å². The van der Waals surface area contributed by atoms with Crippen LogP contribution in [-0.4, -0.2) is 126 Å². The molecule has 3 atom stereocenters. The Morgan fingerprint density at radius 2 is 1.24 bits per heavy atom. The maximum absolute atomic E-state index is 13.7. The van der Waals surface area contributed by atoms with Crippen LogP contribution in [0.1, 0.15) is 110 Å². The first-order valence-electron chi connectivity index (χ1n) is 29.1. The van der Waals surface area contributed by atoms with Crippen LogP contribution in [0.3, 0.4) is 0 Å². The number of benzene rings is 6. The van der Waals surface area contributed by atoms with Gasteiger partial charge in [-0.1, -0.05) is 121 Å². The number of H-pyrrole nitrogens is 1. The van der Waals surface area contributed by atoms with E-state index in [9.17, 15) is 34.2 Å². The molecule has 6 N–H and O–H groups in total. The lowest BCUT2D eigenvalue weighted by atomic mass is 9.83. The van der Waals surface area contributed by atoms with Crippen molar-refractivity contribution in [2.24, 2.45) is 11.8 Å². The number of rotatable bonds is 22. The predicted molar refractivity (Wildman–Crippen MR) is 316 cm³/mol. The molecule has 426 valence electrons. The highest BCUT2D eigenvalue weighted by Gasteiger charge is 2.49. The summed E-state index contributed by atoms with van der Waals surface area (Å²) in [5.74, 6) is 2.08. The van der Waals surface area contributed by atoms with E-state index in [1.165, 1.54) is 51.0 Å². The molecule has 1 unspecified atom stereocenters. The van der Waals surface area contributed by atoms with Gasteiger partial charge in [0.05, 0.1) is 50.4 Å². The average Bonchev–Trinajstić information content (AvgIpc) is 3.44. The molecule has 15 nitrogen and oxygen atoms in total. The van der Waals surface area contributed by atoms with Gasteiger partial charge in [-0.15, -0.1) is 0 Å². The number of ketones is 2. The van der Waals surface area contributed by atoms with E-state index in [2.05, 4.69) is 20.9 Å². The van der Waals surface area contributed by atoms with Crippen molar-refractivity contribution < 1.29 is 47.8 Å². The summed E-state index contributed by atoms with van der Waals surface area (Å²) >= 11 is 0. The third-order valence-corrected chi connectivity index (χ3v) is 17.4. The highest BCUT2D eigenvalue weighted by molar-refractivity contribution is 5.97. The summed E-state index contributed by atoms with van der Waals surface area (Å²) in [7, 11) is 0. The summed E-state index contributed by atoms with van der Waals surface area (Å²) in [5.41, 5.74) is 5.33.